The zero-order valence-electron chi connectivity index (χ0n) is 10.2. The monoisotopic (exact) mass is 238 g/mol. The molecule has 0 aliphatic heterocycles. The van der Waals surface area contributed by atoms with E-state index in [1.807, 2.05) is 6.07 Å². The summed E-state index contributed by atoms with van der Waals surface area (Å²) in [6, 6.07) is 5.18. The van der Waals surface area contributed by atoms with Gasteiger partial charge in [0.05, 0.1) is 18.8 Å². The summed E-state index contributed by atoms with van der Waals surface area (Å²) in [7, 11) is 1.63. The summed E-state index contributed by atoms with van der Waals surface area (Å²) >= 11 is 0. The lowest BCUT2D eigenvalue weighted by Gasteiger charge is -2.09. The molecule has 0 aliphatic carbocycles. The molecule has 5 nitrogen and oxygen atoms in total. The first kappa shape index (κ1) is 13.3. The van der Waals surface area contributed by atoms with Crippen molar-refractivity contribution >= 4 is 17.3 Å². The molecule has 17 heavy (non-hydrogen) atoms. The number of ether oxygens (including phenoxy) is 2. The van der Waals surface area contributed by atoms with Crippen LogP contribution in [-0.2, 0) is 9.47 Å². The highest BCUT2D eigenvalue weighted by atomic mass is 16.5. The average molecular weight is 238 g/mol. The Kier molecular flexibility index (Phi) is 5.29. The molecule has 94 valence electrons. The summed E-state index contributed by atoms with van der Waals surface area (Å²) in [6.45, 7) is 3.36. The van der Waals surface area contributed by atoms with Gasteiger partial charge in [0.1, 0.15) is 0 Å². The van der Waals surface area contributed by atoms with Crippen LogP contribution in [0.2, 0.25) is 0 Å². The van der Waals surface area contributed by atoms with Gasteiger partial charge in [-0.25, -0.2) is 4.79 Å². The number of methoxy groups -OCH3 is 1. The van der Waals surface area contributed by atoms with E-state index < -0.39 is 5.97 Å². The van der Waals surface area contributed by atoms with E-state index in [1.54, 1.807) is 26.2 Å². The van der Waals surface area contributed by atoms with E-state index in [0.717, 1.165) is 5.69 Å². The van der Waals surface area contributed by atoms with Crippen molar-refractivity contribution in [1.29, 1.82) is 0 Å². The molecule has 0 aliphatic rings. The summed E-state index contributed by atoms with van der Waals surface area (Å²) < 4.78 is 9.84. The largest absolute Gasteiger partial charge is 0.462 e. The normalized spacial score (nSPS) is 10.0. The third-order valence-corrected chi connectivity index (χ3v) is 2.18. The van der Waals surface area contributed by atoms with Crippen molar-refractivity contribution in [1.82, 2.24) is 0 Å². The molecule has 0 fully saturated rings. The number of carbonyl (C=O) groups excluding carboxylic acids is 1. The molecular formula is C12H18N2O3. The number of rotatable bonds is 6. The van der Waals surface area contributed by atoms with Crippen LogP contribution in [-0.4, -0.2) is 32.8 Å². The van der Waals surface area contributed by atoms with Crippen LogP contribution >= 0.6 is 0 Å². The Morgan fingerprint density at radius 3 is 2.88 bits per heavy atom. The van der Waals surface area contributed by atoms with Crippen molar-refractivity contribution in [3.63, 3.8) is 0 Å². The van der Waals surface area contributed by atoms with Crippen molar-refractivity contribution < 1.29 is 14.3 Å². The molecule has 0 saturated heterocycles. The molecule has 0 saturated carbocycles. The molecular weight excluding hydrogens is 220 g/mol. The summed E-state index contributed by atoms with van der Waals surface area (Å²) in [5, 5.41) is 3.12. The number of nitrogens with two attached hydrogens (primary N) is 1. The van der Waals surface area contributed by atoms with Crippen molar-refractivity contribution in [2.24, 2.45) is 0 Å². The first-order valence-electron chi connectivity index (χ1n) is 5.48. The molecule has 0 heterocycles. The zero-order chi connectivity index (χ0) is 12.7. The number of esters is 1. The maximum Gasteiger partial charge on any atom is 0.340 e. The predicted octanol–water partition coefficient (Wildman–Crippen LogP) is 1.50. The molecule has 3 N–H and O–H groups in total. The Morgan fingerprint density at radius 2 is 2.24 bits per heavy atom. The Labute approximate surface area is 101 Å². The Balaban J connectivity index is 2.75. The predicted molar refractivity (Wildman–Crippen MR) is 67.2 cm³/mol. The molecule has 1 aromatic rings. The molecule has 5 heteroatoms. The van der Waals surface area contributed by atoms with Crippen LogP contribution in [0, 0.1) is 0 Å². The van der Waals surface area contributed by atoms with Crippen LogP contribution < -0.4 is 11.1 Å². The third kappa shape index (κ3) is 3.96. The van der Waals surface area contributed by atoms with Crippen molar-refractivity contribution in [2.45, 2.75) is 6.92 Å². The Hall–Kier alpha value is -1.75. The molecule has 1 aromatic carbocycles. The van der Waals surface area contributed by atoms with Crippen LogP contribution in [0.4, 0.5) is 11.4 Å². The zero-order valence-corrected chi connectivity index (χ0v) is 10.2. The van der Waals surface area contributed by atoms with Gasteiger partial charge in [-0.05, 0) is 25.1 Å². The minimum atomic E-state index is -0.402. The van der Waals surface area contributed by atoms with Gasteiger partial charge in [0, 0.05) is 25.0 Å². The lowest BCUT2D eigenvalue weighted by molar-refractivity contribution is 0.0527. The van der Waals surface area contributed by atoms with Gasteiger partial charge in [0.15, 0.2) is 0 Å². The number of hydrogen-bond donors (Lipinski definition) is 2. The van der Waals surface area contributed by atoms with E-state index in [0.29, 0.717) is 31.0 Å². The minimum absolute atomic E-state index is 0.333. The van der Waals surface area contributed by atoms with E-state index >= 15 is 0 Å². The van der Waals surface area contributed by atoms with Crippen LogP contribution in [0.1, 0.15) is 17.3 Å². The van der Waals surface area contributed by atoms with Crippen LogP contribution in [0.25, 0.3) is 0 Å². The first-order chi connectivity index (χ1) is 8.19. The molecule has 0 spiro atoms. The number of carbonyl (C=O) groups is 1. The van der Waals surface area contributed by atoms with Gasteiger partial charge in [-0.1, -0.05) is 0 Å². The van der Waals surface area contributed by atoms with Gasteiger partial charge in [-0.3, -0.25) is 0 Å². The fourth-order valence-corrected chi connectivity index (χ4v) is 1.35. The standard InChI is InChI=1S/C12H18N2O3/c1-3-17-12(15)10-8-9(4-5-11(10)13)14-6-7-16-2/h4-5,8,14H,3,6-7,13H2,1-2H3. The second-order valence-corrected chi connectivity index (χ2v) is 3.44. The maximum absolute atomic E-state index is 11.6. The number of anilines is 2. The maximum atomic E-state index is 11.6. The van der Waals surface area contributed by atoms with E-state index in [9.17, 15) is 4.79 Å². The second-order valence-electron chi connectivity index (χ2n) is 3.44. The third-order valence-electron chi connectivity index (χ3n) is 2.18. The highest BCUT2D eigenvalue weighted by Crippen LogP contribution is 2.18. The van der Waals surface area contributed by atoms with Crippen molar-refractivity contribution in [2.75, 3.05) is 37.9 Å². The average Bonchev–Trinajstić information content (AvgIpc) is 2.32. The van der Waals surface area contributed by atoms with Gasteiger partial charge in [0.2, 0.25) is 0 Å². The van der Waals surface area contributed by atoms with E-state index in [2.05, 4.69) is 5.32 Å². The van der Waals surface area contributed by atoms with E-state index in [-0.39, 0.29) is 0 Å². The minimum Gasteiger partial charge on any atom is -0.462 e. The topological polar surface area (TPSA) is 73.6 Å². The molecule has 0 unspecified atom stereocenters. The van der Waals surface area contributed by atoms with Gasteiger partial charge in [0.25, 0.3) is 0 Å². The second kappa shape index (κ2) is 6.75. The van der Waals surface area contributed by atoms with Crippen molar-refractivity contribution in [3.05, 3.63) is 23.8 Å². The fraction of sp³-hybridized carbons (Fsp3) is 0.417. The molecule has 0 bridgehead atoms. The summed E-state index contributed by atoms with van der Waals surface area (Å²) in [4.78, 5) is 11.6. The SMILES string of the molecule is CCOC(=O)c1cc(NCCOC)ccc1N. The summed E-state index contributed by atoms with van der Waals surface area (Å²) in [6.07, 6.45) is 0. The quantitative estimate of drug-likeness (QED) is 0.446. The lowest BCUT2D eigenvalue weighted by atomic mass is 10.1. The van der Waals surface area contributed by atoms with Gasteiger partial charge < -0.3 is 20.5 Å². The van der Waals surface area contributed by atoms with Gasteiger partial charge >= 0.3 is 5.97 Å². The highest BCUT2D eigenvalue weighted by molar-refractivity contribution is 5.96. The number of nitrogens with one attached hydrogen (secondary N) is 1. The smallest absolute Gasteiger partial charge is 0.340 e. The fourth-order valence-electron chi connectivity index (χ4n) is 1.35. The number of benzene rings is 1. The van der Waals surface area contributed by atoms with Gasteiger partial charge in [-0.2, -0.15) is 0 Å². The number of nitrogen functional groups attached to an aromatic ring is 1. The summed E-state index contributed by atoms with van der Waals surface area (Å²) in [5.41, 5.74) is 7.34. The van der Waals surface area contributed by atoms with Crippen LogP contribution in [0.15, 0.2) is 18.2 Å². The van der Waals surface area contributed by atoms with Crippen molar-refractivity contribution in [3.8, 4) is 0 Å². The number of hydrogen-bond acceptors (Lipinski definition) is 5. The molecule has 0 radical (unpaired) electrons. The Morgan fingerprint density at radius 1 is 1.47 bits per heavy atom. The lowest BCUT2D eigenvalue weighted by Crippen LogP contribution is -2.11. The summed E-state index contributed by atoms with van der Waals surface area (Å²) in [5.74, 6) is -0.402. The van der Waals surface area contributed by atoms with Gasteiger partial charge in [-0.15, -0.1) is 0 Å². The molecule has 0 amide bonds. The van der Waals surface area contributed by atoms with E-state index in [1.165, 1.54) is 0 Å². The molecule has 0 atom stereocenters. The Bertz CT molecular complexity index is 380. The highest BCUT2D eigenvalue weighted by Gasteiger charge is 2.11. The van der Waals surface area contributed by atoms with Crippen LogP contribution in [0.3, 0.4) is 0 Å². The molecule has 1 rings (SSSR count). The molecule has 0 aromatic heterocycles. The van der Waals surface area contributed by atoms with E-state index in [4.69, 9.17) is 15.2 Å². The first-order valence-corrected chi connectivity index (χ1v) is 5.48. The van der Waals surface area contributed by atoms with Crippen LogP contribution in [0.5, 0.6) is 0 Å².